The fourth-order valence-electron chi connectivity index (χ4n) is 3.18. The lowest BCUT2D eigenvalue weighted by Crippen LogP contribution is -2.38. The molecule has 0 fully saturated rings. The third-order valence-electron chi connectivity index (χ3n) is 4.86. The summed E-state index contributed by atoms with van der Waals surface area (Å²) in [6, 6.07) is 5.60. The number of nitrogens with one attached hydrogen (secondary N) is 1. The summed E-state index contributed by atoms with van der Waals surface area (Å²) in [6.45, 7) is -2.33. The van der Waals surface area contributed by atoms with Crippen LogP contribution in [0.25, 0.3) is 16.8 Å². The van der Waals surface area contributed by atoms with Crippen LogP contribution in [0.1, 0.15) is 17.0 Å². The molecule has 1 amide bonds. The Labute approximate surface area is 208 Å². The molecule has 0 bridgehead atoms. The Morgan fingerprint density at radius 3 is 2.31 bits per heavy atom. The van der Waals surface area contributed by atoms with Gasteiger partial charge in [-0.25, -0.2) is 9.07 Å². The highest BCUT2D eigenvalue weighted by atomic mass is 35.5. The fourth-order valence-corrected chi connectivity index (χ4v) is 3.69. The molecule has 0 aliphatic carbocycles. The van der Waals surface area contributed by atoms with Crippen LogP contribution in [0.4, 0.5) is 30.7 Å². The Morgan fingerprint density at radius 1 is 1.08 bits per heavy atom. The minimum atomic E-state index is -4.76. The minimum Gasteiger partial charge on any atom is -0.345 e. The van der Waals surface area contributed by atoms with Crippen LogP contribution in [-0.4, -0.2) is 34.6 Å². The first-order valence-corrected chi connectivity index (χ1v) is 10.6. The Hall–Kier alpha value is -3.12. The van der Waals surface area contributed by atoms with E-state index in [1.165, 1.54) is 18.2 Å². The lowest BCUT2D eigenvalue weighted by molar-refractivity contribution is -0.139. The van der Waals surface area contributed by atoms with Crippen molar-refractivity contribution < 1.29 is 35.5 Å². The summed E-state index contributed by atoms with van der Waals surface area (Å²) in [7, 11) is 0. The van der Waals surface area contributed by atoms with Crippen molar-refractivity contribution in [1.29, 1.82) is 0 Å². The number of halogens is 9. The third kappa shape index (κ3) is 6.76. The third-order valence-corrected chi connectivity index (χ3v) is 5.41. The largest absolute Gasteiger partial charge is 0.405 e. The molecule has 2 aromatic carbocycles. The van der Waals surface area contributed by atoms with Crippen molar-refractivity contribution in [2.45, 2.75) is 24.8 Å². The van der Waals surface area contributed by atoms with Gasteiger partial charge in [0.15, 0.2) is 5.82 Å². The smallest absolute Gasteiger partial charge is 0.345 e. The molecule has 0 radical (unpaired) electrons. The molecule has 14 heteroatoms. The number of carbonyl (C=O) groups excluding carboxylic acids is 1. The number of aromatic nitrogens is 2. The molecular weight excluding hydrogens is 542 g/mol. The first-order valence-electron chi connectivity index (χ1n) is 9.88. The average molecular weight is 556 g/mol. The van der Waals surface area contributed by atoms with Gasteiger partial charge in [-0.05, 0) is 35.4 Å². The van der Waals surface area contributed by atoms with Gasteiger partial charge in [0.2, 0.25) is 5.91 Å². The molecule has 0 aliphatic rings. The maximum absolute atomic E-state index is 13.7. The number of benzene rings is 2. The lowest BCUT2D eigenvalue weighted by atomic mass is 9.96. The zero-order valence-corrected chi connectivity index (χ0v) is 19.2. The van der Waals surface area contributed by atoms with Crippen LogP contribution in [0.5, 0.6) is 0 Å². The predicted octanol–water partition coefficient (Wildman–Crippen LogP) is 5.88. The number of hydrogen-bond acceptors (Lipinski definition) is 3. The van der Waals surface area contributed by atoms with Gasteiger partial charge in [0.1, 0.15) is 13.1 Å². The van der Waals surface area contributed by atoms with Gasteiger partial charge in [-0.2, -0.15) is 31.4 Å². The number of alkyl halides is 6. The minimum absolute atomic E-state index is 0.0373. The van der Waals surface area contributed by atoms with E-state index in [1.807, 2.05) is 0 Å². The standard InChI is InChI=1S/C22H14Cl2F7N3O2/c23-16-6-12(7-17(24)19(16)25)15(22(29,30)31)4-2-11-1-3-14-13(5-11)8-33-34(20(14)36)9-18(35)32-10-21(26,27)28/h1-8,15H,9-10H2,(H,32,35)/b4-2+. The zero-order chi connectivity index (χ0) is 26.8. The van der Waals surface area contributed by atoms with Crippen LogP contribution in [0.2, 0.25) is 10.0 Å². The number of rotatable bonds is 6. The SMILES string of the molecule is O=C(Cn1ncc2cc(/C=C/C(c3cc(Cl)c(F)c(Cl)c3)C(F)(F)F)ccc2c1=O)NCC(F)(F)F. The molecule has 0 saturated heterocycles. The summed E-state index contributed by atoms with van der Waals surface area (Å²) in [4.78, 5) is 24.2. The molecule has 1 atom stereocenters. The summed E-state index contributed by atoms with van der Waals surface area (Å²) < 4.78 is 91.9. The van der Waals surface area contributed by atoms with E-state index in [0.717, 1.165) is 30.5 Å². The molecule has 1 aromatic heterocycles. The molecule has 0 saturated carbocycles. The van der Waals surface area contributed by atoms with E-state index >= 15 is 0 Å². The van der Waals surface area contributed by atoms with E-state index in [1.54, 1.807) is 5.32 Å². The van der Waals surface area contributed by atoms with Crippen molar-refractivity contribution in [3.63, 3.8) is 0 Å². The predicted molar refractivity (Wildman–Crippen MR) is 119 cm³/mol. The highest BCUT2D eigenvalue weighted by Crippen LogP contribution is 2.39. The number of fused-ring (bicyclic) bond motifs is 1. The van der Waals surface area contributed by atoms with Gasteiger partial charge in [-0.3, -0.25) is 9.59 Å². The van der Waals surface area contributed by atoms with E-state index in [-0.39, 0.29) is 21.9 Å². The average Bonchev–Trinajstić information content (AvgIpc) is 2.76. The molecule has 3 rings (SSSR count). The Bertz CT molecular complexity index is 1360. The molecule has 36 heavy (non-hydrogen) atoms. The number of hydrogen-bond donors (Lipinski definition) is 1. The van der Waals surface area contributed by atoms with E-state index in [4.69, 9.17) is 23.2 Å². The molecule has 1 heterocycles. The number of carbonyl (C=O) groups is 1. The summed E-state index contributed by atoms with van der Waals surface area (Å²) in [5, 5.41) is 4.46. The summed E-state index contributed by atoms with van der Waals surface area (Å²) in [5.74, 6) is -4.30. The number of allylic oxidation sites excluding steroid dienone is 1. The summed E-state index contributed by atoms with van der Waals surface area (Å²) in [6.07, 6.45) is -6.31. The van der Waals surface area contributed by atoms with Crippen LogP contribution < -0.4 is 10.9 Å². The molecule has 1 unspecified atom stereocenters. The quantitative estimate of drug-likeness (QED) is 0.305. The number of nitrogens with zero attached hydrogens (tertiary/aromatic N) is 2. The van der Waals surface area contributed by atoms with Crippen LogP contribution >= 0.6 is 23.2 Å². The zero-order valence-electron chi connectivity index (χ0n) is 17.7. The van der Waals surface area contributed by atoms with Crippen molar-refractivity contribution in [3.05, 3.63) is 79.9 Å². The van der Waals surface area contributed by atoms with Gasteiger partial charge < -0.3 is 5.32 Å². The van der Waals surface area contributed by atoms with Crippen LogP contribution in [-0.2, 0) is 11.3 Å². The highest BCUT2D eigenvalue weighted by molar-refractivity contribution is 6.35. The number of amides is 1. The second kappa shape index (κ2) is 10.5. The summed E-state index contributed by atoms with van der Waals surface area (Å²) in [5.41, 5.74) is -0.920. The van der Waals surface area contributed by atoms with Crippen molar-refractivity contribution in [2.75, 3.05) is 6.54 Å². The van der Waals surface area contributed by atoms with E-state index < -0.39 is 58.7 Å². The second-order valence-corrected chi connectivity index (χ2v) is 8.34. The first-order chi connectivity index (χ1) is 16.7. The monoisotopic (exact) mass is 555 g/mol. The van der Waals surface area contributed by atoms with Gasteiger partial charge in [0.05, 0.1) is 27.5 Å². The van der Waals surface area contributed by atoms with Crippen molar-refractivity contribution in [1.82, 2.24) is 15.1 Å². The molecule has 0 aliphatic heterocycles. The summed E-state index contributed by atoms with van der Waals surface area (Å²) >= 11 is 11.3. The van der Waals surface area contributed by atoms with Gasteiger partial charge in [-0.1, -0.05) is 41.4 Å². The Kier molecular flexibility index (Phi) is 7.99. The fraction of sp³-hybridized carbons (Fsp3) is 0.227. The van der Waals surface area contributed by atoms with Crippen LogP contribution in [0.3, 0.4) is 0 Å². The van der Waals surface area contributed by atoms with Crippen molar-refractivity contribution in [3.8, 4) is 0 Å². The van der Waals surface area contributed by atoms with E-state index in [9.17, 15) is 40.3 Å². The van der Waals surface area contributed by atoms with E-state index in [2.05, 4.69) is 5.10 Å². The Balaban J connectivity index is 1.87. The van der Waals surface area contributed by atoms with Crippen molar-refractivity contribution in [2.24, 2.45) is 0 Å². The topological polar surface area (TPSA) is 64.0 Å². The van der Waals surface area contributed by atoms with Gasteiger partial charge >= 0.3 is 12.4 Å². The molecular formula is C22H14Cl2F7N3O2. The molecule has 0 spiro atoms. The normalized spacial score (nSPS) is 13.4. The lowest BCUT2D eigenvalue weighted by Gasteiger charge is -2.18. The maximum Gasteiger partial charge on any atom is 0.405 e. The van der Waals surface area contributed by atoms with Gasteiger partial charge in [0, 0.05) is 5.39 Å². The maximum atomic E-state index is 13.7. The first kappa shape index (κ1) is 27.5. The molecule has 192 valence electrons. The van der Waals surface area contributed by atoms with Gasteiger partial charge in [0.25, 0.3) is 5.56 Å². The second-order valence-electron chi connectivity index (χ2n) is 7.52. The van der Waals surface area contributed by atoms with Crippen LogP contribution in [0, 0.1) is 5.82 Å². The molecule has 3 aromatic rings. The van der Waals surface area contributed by atoms with Gasteiger partial charge in [-0.15, -0.1) is 0 Å². The molecule has 5 nitrogen and oxygen atoms in total. The van der Waals surface area contributed by atoms with Crippen molar-refractivity contribution >= 4 is 46.0 Å². The molecule has 1 N–H and O–H groups in total. The highest BCUT2D eigenvalue weighted by Gasteiger charge is 2.39. The Morgan fingerprint density at radius 2 is 1.72 bits per heavy atom. The van der Waals surface area contributed by atoms with E-state index in [0.29, 0.717) is 4.68 Å². The van der Waals surface area contributed by atoms with Crippen LogP contribution in [0.15, 0.2) is 47.4 Å².